The lowest BCUT2D eigenvalue weighted by atomic mass is 10.1. The molecule has 1 aliphatic rings. The zero-order valence-corrected chi connectivity index (χ0v) is 22.7. The number of nitrogens with zero attached hydrogens (tertiary/aromatic N) is 5. The summed E-state index contributed by atoms with van der Waals surface area (Å²) in [6, 6.07) is 24.7. The smallest absolute Gasteiger partial charge is 0.185 e. The number of ketones is 1. The maximum atomic E-state index is 13.0. The van der Waals surface area contributed by atoms with Crippen molar-refractivity contribution in [2.75, 3.05) is 18.0 Å². The number of allylic oxidation sites excluding steroid dienone is 1. The number of pyridine rings is 1. The van der Waals surface area contributed by atoms with E-state index in [9.17, 15) is 4.79 Å². The number of aromatic nitrogens is 4. The van der Waals surface area contributed by atoms with Crippen molar-refractivity contribution in [2.24, 2.45) is 0 Å². The average Bonchev–Trinajstić information content (AvgIpc) is 3.48. The predicted molar refractivity (Wildman–Crippen MR) is 158 cm³/mol. The molecule has 0 bridgehead atoms. The lowest BCUT2D eigenvalue weighted by molar-refractivity contribution is 0.104. The summed E-state index contributed by atoms with van der Waals surface area (Å²) in [5.41, 5.74) is 4.06. The molecule has 5 aromatic rings. The molecule has 8 heteroatoms. The van der Waals surface area contributed by atoms with Gasteiger partial charge in [-0.05, 0) is 92.1 Å². The van der Waals surface area contributed by atoms with Crippen LogP contribution in [0.25, 0.3) is 22.7 Å². The number of fused-ring (bicyclic) bond motifs is 1. The fraction of sp³-hybridized carbons (Fsp3) is 0.188. The van der Waals surface area contributed by atoms with E-state index >= 15 is 0 Å². The van der Waals surface area contributed by atoms with Crippen LogP contribution in [-0.2, 0) is 6.61 Å². The van der Waals surface area contributed by atoms with Gasteiger partial charge in [-0.15, -0.1) is 5.10 Å². The van der Waals surface area contributed by atoms with Crippen molar-refractivity contribution in [1.82, 2.24) is 20.0 Å². The minimum Gasteiger partial charge on any atom is -0.487 e. The summed E-state index contributed by atoms with van der Waals surface area (Å²) in [6.07, 6.45) is 8.89. The number of hydrogen-bond acceptors (Lipinski definition) is 6. The second-order valence-electron chi connectivity index (χ2n) is 9.78. The minimum absolute atomic E-state index is 0.0739. The average molecular weight is 550 g/mol. The van der Waals surface area contributed by atoms with Crippen molar-refractivity contribution in [3.8, 4) is 11.4 Å². The number of piperidine rings is 1. The van der Waals surface area contributed by atoms with Gasteiger partial charge in [-0.1, -0.05) is 35.0 Å². The van der Waals surface area contributed by atoms with Crippen LogP contribution in [0.1, 0.15) is 40.9 Å². The highest BCUT2D eigenvalue weighted by Crippen LogP contribution is 2.27. The molecule has 0 unspecified atom stereocenters. The molecule has 0 N–H and O–H groups in total. The highest BCUT2D eigenvalue weighted by molar-refractivity contribution is 6.30. The molecular formula is C32H28ClN5O2. The van der Waals surface area contributed by atoms with Crippen molar-refractivity contribution in [3.63, 3.8) is 0 Å². The van der Waals surface area contributed by atoms with E-state index in [0.29, 0.717) is 22.0 Å². The molecule has 0 amide bonds. The van der Waals surface area contributed by atoms with Crippen LogP contribution in [0.5, 0.6) is 5.75 Å². The first-order chi connectivity index (χ1) is 19.6. The molecule has 1 aliphatic heterocycles. The van der Waals surface area contributed by atoms with Crippen LogP contribution in [0.2, 0.25) is 5.02 Å². The summed E-state index contributed by atoms with van der Waals surface area (Å²) in [4.78, 5) is 20.3. The van der Waals surface area contributed by atoms with Crippen LogP contribution < -0.4 is 9.64 Å². The summed E-state index contributed by atoms with van der Waals surface area (Å²) in [6.45, 7) is 2.23. The van der Waals surface area contributed by atoms with Gasteiger partial charge in [0.2, 0.25) is 0 Å². The largest absolute Gasteiger partial charge is 0.487 e. The fourth-order valence-corrected chi connectivity index (χ4v) is 4.95. The van der Waals surface area contributed by atoms with Gasteiger partial charge in [0.15, 0.2) is 5.78 Å². The molecule has 2 aromatic heterocycles. The molecule has 7 nitrogen and oxygen atoms in total. The van der Waals surface area contributed by atoms with Crippen LogP contribution in [-0.4, -0.2) is 38.9 Å². The van der Waals surface area contributed by atoms with Crippen LogP contribution in [0.15, 0.2) is 91.1 Å². The van der Waals surface area contributed by atoms with Crippen molar-refractivity contribution in [2.45, 2.75) is 25.9 Å². The van der Waals surface area contributed by atoms with Crippen molar-refractivity contribution < 1.29 is 9.53 Å². The third kappa shape index (κ3) is 5.90. The topological polar surface area (TPSA) is 73.1 Å². The van der Waals surface area contributed by atoms with Crippen molar-refractivity contribution in [1.29, 1.82) is 0 Å². The Labute approximate surface area is 237 Å². The molecule has 6 rings (SSSR count). The highest BCUT2D eigenvalue weighted by Gasteiger charge is 2.16. The summed E-state index contributed by atoms with van der Waals surface area (Å²) < 4.78 is 7.54. The number of hydrogen-bond donors (Lipinski definition) is 0. The molecule has 200 valence electrons. The number of anilines is 1. The number of halogens is 1. The predicted octanol–water partition coefficient (Wildman–Crippen LogP) is 6.93. The molecule has 3 aromatic carbocycles. The summed E-state index contributed by atoms with van der Waals surface area (Å²) >= 11 is 5.96. The lowest BCUT2D eigenvalue weighted by Crippen LogP contribution is -2.30. The number of rotatable bonds is 8. The Morgan fingerprint density at radius 3 is 2.52 bits per heavy atom. The van der Waals surface area contributed by atoms with Crippen LogP contribution in [0.3, 0.4) is 0 Å². The second kappa shape index (κ2) is 11.7. The Hall–Kier alpha value is -4.49. The minimum atomic E-state index is -0.0739. The van der Waals surface area contributed by atoms with E-state index in [1.807, 2.05) is 42.6 Å². The van der Waals surface area contributed by atoms with Gasteiger partial charge in [-0.3, -0.25) is 4.79 Å². The zero-order valence-electron chi connectivity index (χ0n) is 21.9. The van der Waals surface area contributed by atoms with Crippen LogP contribution in [0.4, 0.5) is 5.82 Å². The molecule has 0 aliphatic carbocycles. The number of ether oxygens (including phenoxy) is 1. The standard InChI is InChI=1S/C32H28ClN5O2/c33-26-11-13-28(14-12-26)38-21-27(35-36-38)22-40-29-15-8-23(9-16-29)31(39)17-10-25-20-24-6-2-3-7-30(24)34-32(25)37-18-4-1-5-19-37/h2-3,6-17,20-21H,1,4-5,18-19,22H2/b17-10+. The second-order valence-corrected chi connectivity index (χ2v) is 10.2. The van der Waals surface area contributed by atoms with Gasteiger partial charge in [0.25, 0.3) is 0 Å². The Morgan fingerprint density at radius 1 is 0.950 bits per heavy atom. The Bertz CT molecular complexity index is 1660. The summed E-state index contributed by atoms with van der Waals surface area (Å²) in [5.74, 6) is 1.52. The van der Waals surface area contributed by atoms with E-state index in [4.69, 9.17) is 21.3 Å². The Kier molecular flexibility index (Phi) is 7.55. The van der Waals surface area contributed by atoms with E-state index in [2.05, 4.69) is 27.3 Å². The molecule has 3 heterocycles. The molecule has 0 saturated carbocycles. The van der Waals surface area contributed by atoms with Crippen LogP contribution in [0, 0.1) is 0 Å². The van der Waals surface area contributed by atoms with Gasteiger partial charge < -0.3 is 9.64 Å². The maximum absolute atomic E-state index is 13.0. The lowest BCUT2D eigenvalue weighted by Gasteiger charge is -2.29. The third-order valence-electron chi connectivity index (χ3n) is 6.96. The normalized spacial score (nSPS) is 13.7. The van der Waals surface area contributed by atoms with E-state index in [0.717, 1.165) is 53.9 Å². The first kappa shape index (κ1) is 25.8. The van der Waals surface area contributed by atoms with Gasteiger partial charge >= 0.3 is 0 Å². The fourth-order valence-electron chi connectivity index (χ4n) is 4.82. The summed E-state index contributed by atoms with van der Waals surface area (Å²) in [5, 5.41) is 10.0. The first-order valence-electron chi connectivity index (χ1n) is 13.4. The number of para-hydroxylation sites is 1. The van der Waals surface area contributed by atoms with Gasteiger partial charge in [0, 0.05) is 34.6 Å². The molecule has 0 radical (unpaired) electrons. The van der Waals surface area contributed by atoms with E-state index < -0.39 is 0 Å². The maximum Gasteiger partial charge on any atom is 0.185 e. The van der Waals surface area contributed by atoms with Gasteiger partial charge in [0.1, 0.15) is 23.9 Å². The number of carbonyl (C=O) groups excluding carboxylic acids is 1. The molecule has 40 heavy (non-hydrogen) atoms. The summed E-state index contributed by atoms with van der Waals surface area (Å²) in [7, 11) is 0. The Balaban J connectivity index is 1.12. The molecule has 1 fully saturated rings. The van der Waals surface area contributed by atoms with Gasteiger partial charge in [-0.25, -0.2) is 9.67 Å². The number of benzene rings is 3. The first-order valence-corrected chi connectivity index (χ1v) is 13.8. The van der Waals surface area contributed by atoms with Gasteiger partial charge in [-0.2, -0.15) is 0 Å². The third-order valence-corrected chi connectivity index (χ3v) is 7.21. The highest BCUT2D eigenvalue weighted by atomic mass is 35.5. The quantitative estimate of drug-likeness (QED) is 0.154. The van der Waals surface area contributed by atoms with Gasteiger partial charge in [0.05, 0.1) is 17.4 Å². The molecule has 0 spiro atoms. The van der Waals surface area contributed by atoms with E-state index in [1.165, 1.54) is 6.42 Å². The van der Waals surface area contributed by atoms with Crippen molar-refractivity contribution in [3.05, 3.63) is 113 Å². The van der Waals surface area contributed by atoms with E-state index in [1.54, 1.807) is 47.2 Å². The SMILES string of the molecule is O=C(/C=C/c1cc2ccccc2nc1N1CCCCC1)c1ccc(OCc2cn(-c3ccc(Cl)cc3)nn2)cc1. The zero-order chi connectivity index (χ0) is 27.3. The monoisotopic (exact) mass is 549 g/mol. The van der Waals surface area contributed by atoms with E-state index in [-0.39, 0.29) is 12.4 Å². The molecule has 1 saturated heterocycles. The molecular weight excluding hydrogens is 522 g/mol. The van der Waals surface area contributed by atoms with Crippen LogP contribution >= 0.6 is 11.6 Å². The molecule has 0 atom stereocenters. The Morgan fingerprint density at radius 2 is 1.73 bits per heavy atom. The van der Waals surface area contributed by atoms with Crippen molar-refractivity contribution >= 4 is 40.2 Å². The number of carbonyl (C=O) groups is 1.